The lowest BCUT2D eigenvalue weighted by Gasteiger charge is -2.49. The van der Waals surface area contributed by atoms with E-state index < -0.39 is 0 Å². The molecule has 3 aliphatic rings. The van der Waals surface area contributed by atoms with Crippen LogP contribution in [0.3, 0.4) is 0 Å². The number of piperazine rings is 1. The van der Waals surface area contributed by atoms with Crippen molar-refractivity contribution in [1.82, 2.24) is 9.80 Å². The van der Waals surface area contributed by atoms with Crippen molar-refractivity contribution in [2.24, 2.45) is 16.7 Å². The molecule has 2 heterocycles. The Bertz CT molecular complexity index is 739. The predicted molar refractivity (Wildman–Crippen MR) is 122 cm³/mol. The molecule has 1 aromatic rings. The van der Waals surface area contributed by atoms with Gasteiger partial charge in [-0.05, 0) is 67.8 Å². The van der Waals surface area contributed by atoms with Gasteiger partial charge in [0.15, 0.2) is 0 Å². The van der Waals surface area contributed by atoms with Gasteiger partial charge in [0, 0.05) is 45.0 Å². The van der Waals surface area contributed by atoms with Gasteiger partial charge in [0.25, 0.3) is 0 Å². The largest absolute Gasteiger partial charge is 0.497 e. The van der Waals surface area contributed by atoms with Gasteiger partial charge in [0.1, 0.15) is 5.75 Å². The molecule has 5 heteroatoms. The molecule has 4 rings (SSSR count). The Morgan fingerprint density at radius 3 is 2.33 bits per heavy atom. The van der Waals surface area contributed by atoms with Crippen molar-refractivity contribution >= 4 is 11.6 Å². The standard InChI is InChI=1S/C25H39N3O2/c1-24(2)20-11-12-25(24,3)23(29)28(19-20)14-6-5-13-26-15-17-27(18-16-26)21-7-9-22(30-4)10-8-21/h7-10,20H,5-6,11-19H2,1-4H3/t20?,25-/m0/s1. The van der Waals surface area contributed by atoms with Gasteiger partial charge in [-0.2, -0.15) is 0 Å². The number of rotatable bonds is 7. The van der Waals surface area contributed by atoms with Crippen molar-refractivity contribution in [3.8, 4) is 5.75 Å². The lowest BCUT2D eigenvalue weighted by Crippen LogP contribution is -2.56. The number of amides is 1. The highest BCUT2D eigenvalue weighted by molar-refractivity contribution is 5.85. The molecule has 30 heavy (non-hydrogen) atoms. The monoisotopic (exact) mass is 413 g/mol. The Balaban J connectivity index is 1.18. The lowest BCUT2D eigenvalue weighted by atomic mass is 9.62. The van der Waals surface area contributed by atoms with Crippen LogP contribution in [0.15, 0.2) is 24.3 Å². The number of hydrogen-bond donors (Lipinski definition) is 0. The molecule has 1 saturated carbocycles. The number of piperidine rings is 1. The zero-order valence-corrected chi connectivity index (χ0v) is 19.3. The van der Waals surface area contributed by atoms with E-state index in [1.165, 1.54) is 18.5 Å². The maximum Gasteiger partial charge on any atom is 0.229 e. The third kappa shape index (κ3) is 3.81. The minimum Gasteiger partial charge on any atom is -0.497 e. The molecular formula is C25H39N3O2. The Hall–Kier alpha value is -1.75. The van der Waals surface area contributed by atoms with Crippen LogP contribution in [0.25, 0.3) is 0 Å². The van der Waals surface area contributed by atoms with Crippen LogP contribution in [-0.4, -0.2) is 68.6 Å². The van der Waals surface area contributed by atoms with Gasteiger partial charge in [-0.1, -0.05) is 20.8 Å². The number of benzene rings is 1. The number of carbonyl (C=O) groups excluding carboxylic acids is 1. The molecule has 0 N–H and O–H groups in total. The molecule has 2 atom stereocenters. The average Bonchev–Trinajstić information content (AvgIpc) is 2.90. The molecule has 3 fully saturated rings. The minimum absolute atomic E-state index is 0.145. The summed E-state index contributed by atoms with van der Waals surface area (Å²) in [5.41, 5.74) is 1.29. The van der Waals surface area contributed by atoms with Gasteiger partial charge in [0.2, 0.25) is 5.91 Å². The van der Waals surface area contributed by atoms with Crippen LogP contribution in [0.2, 0.25) is 0 Å². The second kappa shape index (κ2) is 8.41. The Morgan fingerprint density at radius 2 is 1.67 bits per heavy atom. The molecule has 1 aromatic carbocycles. The fraction of sp³-hybridized carbons (Fsp3) is 0.720. The first-order valence-electron chi connectivity index (χ1n) is 11.8. The number of carbonyl (C=O) groups is 1. The van der Waals surface area contributed by atoms with Crippen LogP contribution in [0, 0.1) is 16.7 Å². The summed E-state index contributed by atoms with van der Waals surface area (Å²) in [7, 11) is 1.71. The first kappa shape index (κ1) is 21.5. The van der Waals surface area contributed by atoms with Crippen LogP contribution in [0.5, 0.6) is 5.75 Å². The van der Waals surface area contributed by atoms with Gasteiger partial charge in [-0.25, -0.2) is 0 Å². The normalized spacial score (nSPS) is 28.8. The fourth-order valence-corrected chi connectivity index (χ4v) is 5.85. The fourth-order valence-electron chi connectivity index (χ4n) is 5.85. The van der Waals surface area contributed by atoms with Crippen molar-refractivity contribution in [1.29, 1.82) is 0 Å². The van der Waals surface area contributed by atoms with E-state index >= 15 is 0 Å². The quantitative estimate of drug-likeness (QED) is 0.636. The number of unbranched alkanes of at least 4 members (excludes halogenated alkanes) is 1. The van der Waals surface area contributed by atoms with Crippen LogP contribution in [0.1, 0.15) is 46.5 Å². The summed E-state index contributed by atoms with van der Waals surface area (Å²) < 4.78 is 5.26. The molecule has 2 aliphatic heterocycles. The Morgan fingerprint density at radius 1 is 1.00 bits per heavy atom. The van der Waals surface area contributed by atoms with Crippen LogP contribution < -0.4 is 9.64 Å². The number of ether oxygens (including phenoxy) is 1. The van der Waals surface area contributed by atoms with Crippen molar-refractivity contribution in [2.75, 3.05) is 57.8 Å². The molecular weight excluding hydrogens is 374 g/mol. The molecule has 1 unspecified atom stereocenters. The highest BCUT2D eigenvalue weighted by atomic mass is 16.5. The SMILES string of the molecule is COc1ccc(N2CCN(CCCCN3CC4CC[C@@](C)(C3=O)C4(C)C)CC2)cc1. The summed E-state index contributed by atoms with van der Waals surface area (Å²) >= 11 is 0. The van der Waals surface area contributed by atoms with Gasteiger partial charge in [0.05, 0.1) is 12.5 Å². The van der Waals surface area contributed by atoms with E-state index in [1.54, 1.807) is 7.11 Å². The number of anilines is 1. The Kier molecular flexibility index (Phi) is 6.02. The molecule has 5 nitrogen and oxygen atoms in total. The van der Waals surface area contributed by atoms with Gasteiger partial charge in [-0.15, -0.1) is 0 Å². The average molecular weight is 414 g/mol. The lowest BCUT2D eigenvalue weighted by molar-refractivity contribution is -0.155. The van der Waals surface area contributed by atoms with Gasteiger partial charge >= 0.3 is 0 Å². The smallest absolute Gasteiger partial charge is 0.229 e. The van der Waals surface area contributed by atoms with E-state index in [-0.39, 0.29) is 10.8 Å². The third-order valence-corrected chi connectivity index (χ3v) is 8.60. The molecule has 0 aromatic heterocycles. The first-order valence-corrected chi connectivity index (χ1v) is 11.8. The molecule has 2 bridgehead atoms. The summed E-state index contributed by atoms with van der Waals surface area (Å²) in [4.78, 5) is 20.3. The summed E-state index contributed by atoms with van der Waals surface area (Å²) in [6.07, 6.45) is 4.58. The van der Waals surface area contributed by atoms with Crippen LogP contribution in [-0.2, 0) is 4.79 Å². The van der Waals surface area contributed by atoms with Crippen molar-refractivity contribution < 1.29 is 9.53 Å². The number of nitrogens with zero attached hydrogens (tertiary/aromatic N) is 3. The second-order valence-corrected chi connectivity index (χ2v) is 10.3. The van der Waals surface area contributed by atoms with Gasteiger partial charge in [-0.3, -0.25) is 9.69 Å². The third-order valence-electron chi connectivity index (χ3n) is 8.60. The van der Waals surface area contributed by atoms with Crippen molar-refractivity contribution in [2.45, 2.75) is 46.5 Å². The molecule has 2 saturated heterocycles. The van der Waals surface area contributed by atoms with E-state index in [1.807, 2.05) is 12.1 Å². The summed E-state index contributed by atoms with van der Waals surface area (Å²) in [5.74, 6) is 2.00. The highest BCUT2D eigenvalue weighted by Crippen LogP contribution is 2.59. The number of fused-ring (bicyclic) bond motifs is 2. The molecule has 0 spiro atoms. The number of hydrogen-bond acceptors (Lipinski definition) is 4. The zero-order chi connectivity index (χ0) is 21.4. The summed E-state index contributed by atoms with van der Waals surface area (Å²) in [5, 5.41) is 0. The van der Waals surface area contributed by atoms with Crippen molar-refractivity contribution in [3.63, 3.8) is 0 Å². The second-order valence-electron chi connectivity index (χ2n) is 10.3. The van der Waals surface area contributed by atoms with E-state index in [4.69, 9.17) is 4.74 Å². The van der Waals surface area contributed by atoms with E-state index in [9.17, 15) is 4.79 Å². The number of likely N-dealkylation sites (tertiary alicyclic amines) is 1. The Labute approximate surface area is 182 Å². The molecule has 1 aliphatic carbocycles. The number of methoxy groups -OCH3 is 1. The minimum atomic E-state index is -0.145. The molecule has 166 valence electrons. The topological polar surface area (TPSA) is 36.0 Å². The maximum atomic E-state index is 13.1. The molecule has 0 radical (unpaired) electrons. The van der Waals surface area contributed by atoms with Gasteiger partial charge < -0.3 is 14.5 Å². The zero-order valence-electron chi connectivity index (χ0n) is 19.3. The maximum absolute atomic E-state index is 13.1. The predicted octanol–water partition coefficient (Wildman–Crippen LogP) is 3.88. The van der Waals surface area contributed by atoms with E-state index in [0.29, 0.717) is 11.8 Å². The summed E-state index contributed by atoms with van der Waals surface area (Å²) in [6.45, 7) is 14.3. The van der Waals surface area contributed by atoms with Crippen LogP contribution in [0.4, 0.5) is 5.69 Å². The van der Waals surface area contributed by atoms with E-state index in [0.717, 1.165) is 64.4 Å². The van der Waals surface area contributed by atoms with Crippen LogP contribution >= 0.6 is 0 Å². The summed E-state index contributed by atoms with van der Waals surface area (Å²) in [6, 6.07) is 8.38. The molecule has 1 amide bonds. The van der Waals surface area contributed by atoms with Crippen molar-refractivity contribution in [3.05, 3.63) is 24.3 Å². The first-order chi connectivity index (χ1) is 14.3. The van der Waals surface area contributed by atoms with E-state index in [2.05, 4.69) is 47.6 Å². The highest BCUT2D eigenvalue weighted by Gasteiger charge is 2.60.